The number of nitrogens with one attached hydrogen (secondary N) is 1. The highest BCUT2D eigenvalue weighted by molar-refractivity contribution is 5.14. The third-order valence-corrected chi connectivity index (χ3v) is 5.01. The Morgan fingerprint density at radius 2 is 1.70 bits per heavy atom. The van der Waals surface area contributed by atoms with E-state index in [9.17, 15) is 0 Å². The van der Waals surface area contributed by atoms with Crippen molar-refractivity contribution in [1.82, 2.24) is 10.2 Å². The second kappa shape index (κ2) is 7.24. The fourth-order valence-electron chi connectivity index (χ4n) is 3.84. The molecule has 2 fully saturated rings. The predicted molar refractivity (Wildman–Crippen MR) is 84.7 cm³/mol. The van der Waals surface area contributed by atoms with E-state index in [1.165, 1.54) is 63.7 Å². The molecule has 1 aromatic carbocycles. The van der Waals surface area contributed by atoms with Crippen LogP contribution < -0.4 is 5.32 Å². The first-order valence-corrected chi connectivity index (χ1v) is 8.41. The first-order chi connectivity index (χ1) is 9.92. The Bertz CT molecular complexity index is 384. The maximum atomic E-state index is 3.84. The zero-order chi connectivity index (χ0) is 13.6. The van der Waals surface area contributed by atoms with E-state index in [2.05, 4.69) is 40.5 Å². The molecule has 0 radical (unpaired) electrons. The van der Waals surface area contributed by atoms with Crippen molar-refractivity contribution in [2.24, 2.45) is 5.92 Å². The summed E-state index contributed by atoms with van der Waals surface area (Å²) in [6.07, 6.45) is 8.45. The van der Waals surface area contributed by atoms with Crippen LogP contribution in [0.5, 0.6) is 0 Å². The fourth-order valence-corrected chi connectivity index (χ4v) is 3.84. The third-order valence-electron chi connectivity index (χ3n) is 5.01. The van der Waals surface area contributed by atoms with E-state index in [1.807, 2.05) is 0 Å². The summed E-state index contributed by atoms with van der Waals surface area (Å²) in [5, 5.41) is 3.84. The highest BCUT2D eigenvalue weighted by Crippen LogP contribution is 2.26. The van der Waals surface area contributed by atoms with Gasteiger partial charge in [-0.2, -0.15) is 0 Å². The second-order valence-corrected chi connectivity index (χ2v) is 6.53. The zero-order valence-electron chi connectivity index (χ0n) is 12.6. The van der Waals surface area contributed by atoms with Crippen LogP contribution in [0.15, 0.2) is 30.3 Å². The minimum atomic E-state index is 0.726. The Kier molecular flexibility index (Phi) is 5.10. The number of nitrogens with zero attached hydrogens (tertiary/aromatic N) is 1. The van der Waals surface area contributed by atoms with Gasteiger partial charge in [-0.25, -0.2) is 0 Å². The molecule has 2 aliphatic rings. The molecule has 1 saturated carbocycles. The van der Waals surface area contributed by atoms with Gasteiger partial charge in [0, 0.05) is 19.1 Å². The van der Waals surface area contributed by atoms with Gasteiger partial charge in [-0.15, -0.1) is 0 Å². The molecule has 110 valence electrons. The lowest BCUT2D eigenvalue weighted by molar-refractivity contribution is 0.188. The molecule has 2 nitrogen and oxygen atoms in total. The van der Waals surface area contributed by atoms with Crippen LogP contribution in [0.25, 0.3) is 0 Å². The Balaban J connectivity index is 1.52. The molecule has 1 aliphatic heterocycles. The van der Waals surface area contributed by atoms with Crippen LogP contribution in [0.3, 0.4) is 0 Å². The van der Waals surface area contributed by atoms with E-state index in [4.69, 9.17) is 0 Å². The van der Waals surface area contributed by atoms with Gasteiger partial charge < -0.3 is 10.2 Å². The molecular formula is C18H28N2. The van der Waals surface area contributed by atoms with Crippen LogP contribution >= 0.6 is 0 Å². The summed E-state index contributed by atoms with van der Waals surface area (Å²) in [4.78, 5) is 2.69. The molecule has 1 saturated heterocycles. The van der Waals surface area contributed by atoms with Crippen LogP contribution in [-0.4, -0.2) is 30.6 Å². The van der Waals surface area contributed by atoms with E-state index in [0.717, 1.165) is 18.5 Å². The molecule has 0 amide bonds. The molecule has 0 aromatic heterocycles. The Hall–Kier alpha value is -0.860. The standard InChI is InChI=1S/C18H28N2/c1-2-8-16(9-3-1)14-19-18-11-5-4-10-17(18)15-20-12-6-7-13-20/h1-3,8-9,17-19H,4-7,10-15H2/t17-,18-/m0/s1. The topological polar surface area (TPSA) is 15.3 Å². The highest BCUT2D eigenvalue weighted by Gasteiger charge is 2.27. The predicted octanol–water partition coefficient (Wildman–Crippen LogP) is 3.43. The summed E-state index contributed by atoms with van der Waals surface area (Å²) in [6, 6.07) is 11.6. The molecule has 1 aromatic rings. The van der Waals surface area contributed by atoms with Gasteiger partial charge in [0.2, 0.25) is 0 Å². The van der Waals surface area contributed by atoms with E-state index in [1.54, 1.807) is 0 Å². The van der Waals surface area contributed by atoms with Gasteiger partial charge in [0.15, 0.2) is 0 Å². The van der Waals surface area contributed by atoms with Crippen molar-refractivity contribution in [3.05, 3.63) is 35.9 Å². The number of hydrogen-bond donors (Lipinski definition) is 1. The molecule has 1 heterocycles. The first kappa shape index (κ1) is 14.1. The van der Waals surface area contributed by atoms with Crippen molar-refractivity contribution in [1.29, 1.82) is 0 Å². The Morgan fingerprint density at radius 1 is 0.950 bits per heavy atom. The monoisotopic (exact) mass is 272 g/mol. The van der Waals surface area contributed by atoms with Crippen molar-refractivity contribution in [3.63, 3.8) is 0 Å². The Labute approximate surface area is 123 Å². The van der Waals surface area contributed by atoms with Crippen molar-refractivity contribution < 1.29 is 0 Å². The average molecular weight is 272 g/mol. The minimum absolute atomic E-state index is 0.726. The van der Waals surface area contributed by atoms with Gasteiger partial charge in [0.05, 0.1) is 0 Å². The molecule has 2 atom stereocenters. The molecule has 1 aliphatic carbocycles. The second-order valence-electron chi connectivity index (χ2n) is 6.53. The first-order valence-electron chi connectivity index (χ1n) is 8.41. The number of hydrogen-bond acceptors (Lipinski definition) is 2. The lowest BCUT2D eigenvalue weighted by atomic mass is 9.84. The minimum Gasteiger partial charge on any atom is -0.310 e. The van der Waals surface area contributed by atoms with E-state index in [-0.39, 0.29) is 0 Å². The summed E-state index contributed by atoms with van der Waals surface area (Å²) in [5.74, 6) is 0.866. The summed E-state index contributed by atoms with van der Waals surface area (Å²) in [5.41, 5.74) is 1.41. The lowest BCUT2D eigenvalue weighted by Gasteiger charge is -2.35. The molecular weight excluding hydrogens is 244 g/mol. The van der Waals surface area contributed by atoms with E-state index < -0.39 is 0 Å². The maximum Gasteiger partial charge on any atom is 0.0208 e. The molecule has 1 N–H and O–H groups in total. The van der Waals surface area contributed by atoms with Crippen molar-refractivity contribution in [3.8, 4) is 0 Å². The smallest absolute Gasteiger partial charge is 0.0208 e. The van der Waals surface area contributed by atoms with Crippen molar-refractivity contribution in [2.75, 3.05) is 19.6 Å². The zero-order valence-corrected chi connectivity index (χ0v) is 12.6. The average Bonchev–Trinajstić information content (AvgIpc) is 3.00. The lowest BCUT2D eigenvalue weighted by Crippen LogP contribution is -2.43. The third kappa shape index (κ3) is 3.83. The van der Waals surface area contributed by atoms with Gasteiger partial charge >= 0.3 is 0 Å². The van der Waals surface area contributed by atoms with Gasteiger partial charge in [0.25, 0.3) is 0 Å². The van der Waals surface area contributed by atoms with E-state index in [0.29, 0.717) is 0 Å². The number of likely N-dealkylation sites (tertiary alicyclic amines) is 1. The van der Waals surface area contributed by atoms with Gasteiger partial charge in [-0.1, -0.05) is 43.2 Å². The summed E-state index contributed by atoms with van der Waals surface area (Å²) < 4.78 is 0. The quantitative estimate of drug-likeness (QED) is 0.883. The SMILES string of the molecule is c1ccc(CN[C@H]2CCCC[C@H]2CN2CCCC2)cc1. The molecule has 20 heavy (non-hydrogen) atoms. The number of benzene rings is 1. The number of rotatable bonds is 5. The van der Waals surface area contributed by atoms with Crippen LogP contribution in [0, 0.1) is 5.92 Å². The molecule has 0 unspecified atom stereocenters. The molecule has 0 bridgehead atoms. The summed E-state index contributed by atoms with van der Waals surface area (Å²) >= 11 is 0. The highest BCUT2D eigenvalue weighted by atomic mass is 15.1. The summed E-state index contributed by atoms with van der Waals surface area (Å²) in [7, 11) is 0. The fraction of sp³-hybridized carbons (Fsp3) is 0.667. The normalized spacial score (nSPS) is 27.8. The van der Waals surface area contributed by atoms with Crippen LogP contribution in [-0.2, 0) is 6.54 Å². The largest absolute Gasteiger partial charge is 0.310 e. The maximum absolute atomic E-state index is 3.84. The summed E-state index contributed by atoms with van der Waals surface area (Å²) in [6.45, 7) is 5.03. The van der Waals surface area contributed by atoms with Crippen LogP contribution in [0.1, 0.15) is 44.1 Å². The molecule has 2 heteroatoms. The van der Waals surface area contributed by atoms with Crippen LogP contribution in [0.4, 0.5) is 0 Å². The van der Waals surface area contributed by atoms with Crippen molar-refractivity contribution in [2.45, 2.75) is 51.1 Å². The van der Waals surface area contributed by atoms with Crippen LogP contribution in [0.2, 0.25) is 0 Å². The van der Waals surface area contributed by atoms with Gasteiger partial charge in [-0.3, -0.25) is 0 Å². The van der Waals surface area contributed by atoms with Gasteiger partial charge in [-0.05, 0) is 50.3 Å². The Morgan fingerprint density at radius 3 is 2.50 bits per heavy atom. The van der Waals surface area contributed by atoms with Crippen molar-refractivity contribution >= 4 is 0 Å². The van der Waals surface area contributed by atoms with E-state index >= 15 is 0 Å². The van der Waals surface area contributed by atoms with Gasteiger partial charge in [0.1, 0.15) is 0 Å². The molecule has 3 rings (SSSR count). The molecule has 0 spiro atoms.